The molecule has 0 unspecified atom stereocenters. The van der Waals surface area contributed by atoms with Gasteiger partial charge in [-0.3, -0.25) is 0 Å². The lowest BCUT2D eigenvalue weighted by atomic mass is 10.1. The molecule has 0 saturated carbocycles. The van der Waals surface area contributed by atoms with Crippen LogP contribution >= 0.6 is 0 Å². The van der Waals surface area contributed by atoms with Crippen molar-refractivity contribution in [2.45, 2.75) is 71.6 Å². The fraction of sp³-hybridized carbons (Fsp3) is 0.625. The zero-order chi connectivity index (χ0) is 24.2. The number of carbonyl (C=O) groups excluding carboxylic acids is 2. The molecule has 1 aromatic carbocycles. The first-order valence-electron chi connectivity index (χ1n) is 11.5. The Morgan fingerprint density at radius 1 is 0.909 bits per heavy atom. The van der Waals surface area contributed by atoms with Gasteiger partial charge in [-0.2, -0.15) is 0 Å². The van der Waals surface area contributed by atoms with E-state index in [9.17, 15) is 9.59 Å². The van der Waals surface area contributed by atoms with Crippen molar-refractivity contribution in [2.75, 3.05) is 31.1 Å². The third kappa shape index (κ3) is 7.63. The van der Waals surface area contributed by atoms with E-state index in [1.807, 2.05) is 6.07 Å². The summed E-state index contributed by atoms with van der Waals surface area (Å²) in [5, 5.41) is 0. The maximum atomic E-state index is 11.0. The van der Waals surface area contributed by atoms with E-state index in [-0.39, 0.29) is 0 Å². The number of para-hydroxylation sites is 2. The summed E-state index contributed by atoms with van der Waals surface area (Å²) in [5.41, 5.74) is 0.830. The van der Waals surface area contributed by atoms with Gasteiger partial charge in [0.1, 0.15) is 11.2 Å². The number of fused-ring (bicyclic) bond motifs is 5. The van der Waals surface area contributed by atoms with Crippen LogP contribution in [0.5, 0.6) is 0 Å². The molecule has 0 radical (unpaired) electrons. The molecule has 2 aromatic rings. The van der Waals surface area contributed by atoms with Crippen LogP contribution in [0.3, 0.4) is 0 Å². The first-order valence-corrected chi connectivity index (χ1v) is 11.5. The van der Waals surface area contributed by atoms with Gasteiger partial charge in [-0.1, -0.05) is 12.1 Å². The number of H-pyrrole nitrogens is 1. The monoisotopic (exact) mass is 460 g/mol. The highest BCUT2D eigenvalue weighted by Crippen LogP contribution is 2.26. The van der Waals surface area contributed by atoms with E-state index in [0.29, 0.717) is 6.04 Å². The van der Waals surface area contributed by atoms with E-state index < -0.39 is 23.5 Å². The molecule has 9 nitrogen and oxygen atoms in total. The predicted molar refractivity (Wildman–Crippen MR) is 126 cm³/mol. The molecule has 3 fully saturated rings. The van der Waals surface area contributed by atoms with Crippen LogP contribution in [0.1, 0.15) is 54.4 Å². The molecule has 0 aliphatic carbocycles. The Balaban J connectivity index is 0.000000191. The number of ether oxygens (including phenoxy) is 3. The second-order valence-corrected chi connectivity index (χ2v) is 10.4. The number of anilines is 1. The van der Waals surface area contributed by atoms with Crippen molar-refractivity contribution in [2.24, 2.45) is 0 Å². The molecule has 1 aromatic heterocycles. The molecular formula is C24H36N4O5. The highest BCUT2D eigenvalue weighted by molar-refractivity contribution is 5.78. The summed E-state index contributed by atoms with van der Waals surface area (Å²) in [6.45, 7) is 14.8. The van der Waals surface area contributed by atoms with Gasteiger partial charge in [0.25, 0.3) is 0 Å². The number of hydrogen-bond donors (Lipinski definition) is 1. The molecular weight excluding hydrogens is 424 g/mol. The van der Waals surface area contributed by atoms with Gasteiger partial charge in [0.05, 0.1) is 11.0 Å². The topological polar surface area (TPSA) is 97.0 Å². The van der Waals surface area contributed by atoms with Gasteiger partial charge in [-0.25, -0.2) is 14.6 Å². The molecule has 0 atom stereocenters. The van der Waals surface area contributed by atoms with Crippen LogP contribution in [0.2, 0.25) is 0 Å². The number of nitrogens with zero attached hydrogens (tertiary/aromatic N) is 3. The largest absolute Gasteiger partial charge is 0.519 e. The minimum atomic E-state index is -1.06. The first-order chi connectivity index (χ1) is 15.4. The van der Waals surface area contributed by atoms with Gasteiger partial charge < -0.3 is 29.0 Å². The van der Waals surface area contributed by atoms with Gasteiger partial charge in [-0.15, -0.1) is 0 Å². The number of rotatable bonds is 1. The van der Waals surface area contributed by atoms with E-state index in [1.54, 1.807) is 41.5 Å². The molecule has 33 heavy (non-hydrogen) atoms. The average molecular weight is 461 g/mol. The van der Waals surface area contributed by atoms with Crippen LogP contribution in [0, 0.1) is 0 Å². The minimum Gasteiger partial charge on any atom is -0.428 e. The van der Waals surface area contributed by atoms with Crippen molar-refractivity contribution < 1.29 is 23.8 Å². The lowest BCUT2D eigenvalue weighted by Gasteiger charge is -2.31. The number of nitrogens with one attached hydrogen (secondary N) is 1. The fourth-order valence-corrected chi connectivity index (χ4v) is 3.85. The molecule has 9 heteroatoms. The second kappa shape index (κ2) is 9.99. The Bertz CT molecular complexity index is 893. The van der Waals surface area contributed by atoms with Crippen molar-refractivity contribution in [3.05, 3.63) is 24.3 Å². The summed E-state index contributed by atoms with van der Waals surface area (Å²) in [6.07, 6.45) is 0.433. The van der Waals surface area contributed by atoms with E-state index in [2.05, 4.69) is 37.7 Å². The Morgan fingerprint density at radius 3 is 2.03 bits per heavy atom. The van der Waals surface area contributed by atoms with Crippen molar-refractivity contribution in [1.29, 1.82) is 0 Å². The van der Waals surface area contributed by atoms with E-state index in [0.717, 1.165) is 23.5 Å². The van der Waals surface area contributed by atoms with Gasteiger partial charge >= 0.3 is 12.3 Å². The molecule has 3 saturated heterocycles. The Hall–Kier alpha value is -2.81. The zero-order valence-electron chi connectivity index (χ0n) is 20.5. The van der Waals surface area contributed by atoms with E-state index in [4.69, 9.17) is 14.5 Å². The molecule has 5 rings (SSSR count). The van der Waals surface area contributed by atoms with Crippen molar-refractivity contribution in [1.82, 2.24) is 14.9 Å². The number of piperidine rings is 1. The molecule has 0 amide bonds. The van der Waals surface area contributed by atoms with E-state index >= 15 is 0 Å². The Morgan fingerprint density at radius 2 is 1.48 bits per heavy atom. The molecule has 2 bridgehead atoms. The maximum absolute atomic E-state index is 11.0. The summed E-state index contributed by atoms with van der Waals surface area (Å²) in [7, 11) is 0. The average Bonchev–Trinajstić information content (AvgIpc) is 2.87. The number of aromatic nitrogens is 2. The Labute approximate surface area is 195 Å². The molecule has 182 valence electrons. The van der Waals surface area contributed by atoms with Gasteiger partial charge in [0, 0.05) is 32.2 Å². The summed E-state index contributed by atoms with van der Waals surface area (Å²) < 4.78 is 13.8. The number of aromatic amines is 1. The molecule has 4 heterocycles. The number of hydrogen-bond acceptors (Lipinski definition) is 8. The highest BCUT2D eigenvalue weighted by atomic mass is 16.8. The van der Waals surface area contributed by atoms with Gasteiger partial charge in [-0.05, 0) is 66.5 Å². The SMILES string of the molecule is CC(C)(C)OC(=O)OC(=O)OC(C)(C)C.c1ccc2[nH]c(N3CCN4CCC3CC4)nc2c1. The maximum Gasteiger partial charge on any atom is 0.519 e. The van der Waals surface area contributed by atoms with Crippen LogP contribution in [-0.2, 0) is 14.2 Å². The zero-order valence-corrected chi connectivity index (χ0v) is 20.5. The van der Waals surface area contributed by atoms with Gasteiger partial charge in [0.2, 0.25) is 5.95 Å². The molecule has 3 aliphatic rings. The van der Waals surface area contributed by atoms with Crippen molar-refractivity contribution >= 4 is 29.3 Å². The first kappa shape index (κ1) is 24.8. The lowest BCUT2D eigenvalue weighted by Crippen LogP contribution is -2.38. The van der Waals surface area contributed by atoms with Crippen LogP contribution in [0.4, 0.5) is 15.5 Å². The molecule has 0 spiro atoms. The summed E-state index contributed by atoms with van der Waals surface area (Å²) in [5.74, 6) is 1.06. The van der Waals surface area contributed by atoms with Crippen molar-refractivity contribution in [3.8, 4) is 0 Å². The van der Waals surface area contributed by atoms with E-state index in [1.165, 1.54) is 32.5 Å². The van der Waals surface area contributed by atoms with Gasteiger partial charge in [0.15, 0.2) is 0 Å². The van der Waals surface area contributed by atoms with Crippen LogP contribution in [0.25, 0.3) is 11.0 Å². The molecule has 3 aliphatic heterocycles. The van der Waals surface area contributed by atoms with Crippen molar-refractivity contribution in [3.63, 3.8) is 0 Å². The third-order valence-electron chi connectivity index (χ3n) is 5.25. The standard InChI is InChI=1S/C14H18N4.C10H18O5/c1-2-4-13-12(3-1)15-14(16-13)18-10-9-17-7-5-11(18)6-8-17;1-9(2,3)14-7(11)13-8(12)15-10(4,5)6/h1-4,11H,5-10H2,(H,15,16);1-6H3. The number of carbonyl (C=O) groups is 2. The van der Waals surface area contributed by atoms with Crippen LogP contribution in [0.15, 0.2) is 24.3 Å². The quantitative estimate of drug-likeness (QED) is 0.482. The summed E-state index contributed by atoms with van der Waals surface area (Å²) >= 11 is 0. The normalized spacial score (nSPS) is 20.5. The highest BCUT2D eigenvalue weighted by Gasteiger charge is 2.30. The lowest BCUT2D eigenvalue weighted by molar-refractivity contribution is -0.0293. The second-order valence-electron chi connectivity index (χ2n) is 10.4. The summed E-state index contributed by atoms with van der Waals surface area (Å²) in [6, 6.07) is 8.96. The third-order valence-corrected chi connectivity index (χ3v) is 5.25. The predicted octanol–water partition coefficient (Wildman–Crippen LogP) is 4.72. The number of benzene rings is 1. The smallest absolute Gasteiger partial charge is 0.428 e. The Kier molecular flexibility index (Phi) is 7.51. The molecule has 1 N–H and O–H groups in total. The van der Waals surface area contributed by atoms with Crippen LogP contribution in [-0.4, -0.2) is 70.6 Å². The minimum absolute atomic E-state index is 0.671. The number of imidazole rings is 1. The fourth-order valence-electron chi connectivity index (χ4n) is 3.85. The summed E-state index contributed by atoms with van der Waals surface area (Å²) in [4.78, 5) is 35.3. The van der Waals surface area contributed by atoms with Crippen LogP contribution < -0.4 is 4.90 Å².